The Morgan fingerprint density at radius 3 is 1.40 bits per heavy atom. The average Bonchev–Trinajstić information content (AvgIpc) is 2.41. The summed E-state index contributed by atoms with van der Waals surface area (Å²) < 4.78 is 20.6. The summed E-state index contributed by atoms with van der Waals surface area (Å²) in [7, 11) is 3.19. The van der Waals surface area contributed by atoms with Gasteiger partial charge in [-0.25, -0.2) is 0 Å². The van der Waals surface area contributed by atoms with Gasteiger partial charge in [-0.15, -0.1) is 0 Å². The van der Waals surface area contributed by atoms with Crippen LogP contribution in [-0.4, -0.2) is 62.4 Å². The van der Waals surface area contributed by atoms with Gasteiger partial charge in [-0.3, -0.25) is 0 Å². The minimum atomic E-state index is -1.07. The second kappa shape index (κ2) is 14.2. The van der Waals surface area contributed by atoms with Crippen LogP contribution in [0, 0.1) is 0 Å². The molecule has 0 saturated heterocycles. The van der Waals surface area contributed by atoms with Crippen molar-refractivity contribution in [1.82, 2.24) is 0 Å². The maximum Gasteiger partial charge on any atom is 0.159 e. The molecule has 0 aliphatic heterocycles. The molecule has 4 atom stereocenters. The number of aliphatic hydroxyl groups is 2. The Morgan fingerprint density at radius 2 is 1.15 bits per heavy atom. The van der Waals surface area contributed by atoms with Crippen LogP contribution in [-0.2, 0) is 36.0 Å². The zero-order valence-electron chi connectivity index (χ0n) is 12.7. The zero-order valence-corrected chi connectivity index (χ0v) is 13.6. The van der Waals surface area contributed by atoms with E-state index in [0.29, 0.717) is 0 Å². The van der Waals surface area contributed by atoms with Crippen molar-refractivity contribution in [1.29, 1.82) is 0 Å². The molecule has 0 bridgehead atoms. The van der Waals surface area contributed by atoms with Crippen LogP contribution in [0.4, 0.5) is 0 Å². The van der Waals surface area contributed by atoms with Crippen LogP contribution in [0.3, 0.4) is 0 Å². The molecule has 127 valence electrons. The van der Waals surface area contributed by atoms with Crippen LogP contribution in [0.15, 0.2) is 0 Å². The van der Waals surface area contributed by atoms with Crippen LogP contribution < -0.4 is 0 Å². The molecule has 0 aromatic rings. The van der Waals surface area contributed by atoms with Gasteiger partial charge in [-0.1, -0.05) is 13.8 Å². The summed E-state index contributed by atoms with van der Waals surface area (Å²) in [6.07, 6.45) is -0.636. The standard InChI is InChI=1S/C13H28O6.Cu/c1-5-10(16-3)8-18-12(14)7-13(15)19-9-11(6-2)17-4;/h10-15H,5-9H2,1-4H3;. The molecule has 0 aromatic carbocycles. The fourth-order valence-corrected chi connectivity index (χ4v) is 1.45. The molecule has 0 amide bonds. The Kier molecular flexibility index (Phi) is 16.0. The first-order valence-corrected chi connectivity index (χ1v) is 6.72. The van der Waals surface area contributed by atoms with Gasteiger partial charge in [0, 0.05) is 37.7 Å². The van der Waals surface area contributed by atoms with E-state index in [9.17, 15) is 10.2 Å². The molecule has 0 spiro atoms. The van der Waals surface area contributed by atoms with E-state index in [1.54, 1.807) is 14.2 Å². The first kappa shape index (κ1) is 22.6. The molecule has 0 fully saturated rings. The van der Waals surface area contributed by atoms with E-state index in [1.807, 2.05) is 13.8 Å². The van der Waals surface area contributed by atoms with Crippen molar-refractivity contribution in [3.8, 4) is 0 Å². The number of ether oxygens (including phenoxy) is 4. The minimum Gasteiger partial charge on any atom is -0.379 e. The summed E-state index contributed by atoms with van der Waals surface area (Å²) in [5, 5.41) is 19.2. The Labute approximate surface area is 132 Å². The predicted octanol–water partition coefficient (Wildman–Crippen LogP) is 0.894. The van der Waals surface area contributed by atoms with Gasteiger partial charge < -0.3 is 29.2 Å². The molecule has 7 heteroatoms. The van der Waals surface area contributed by atoms with Crippen molar-refractivity contribution in [2.24, 2.45) is 0 Å². The minimum absolute atomic E-state index is 0. The molecule has 0 heterocycles. The number of methoxy groups -OCH3 is 2. The largest absolute Gasteiger partial charge is 0.379 e. The normalized spacial score (nSPS) is 17.1. The summed E-state index contributed by atoms with van der Waals surface area (Å²) >= 11 is 0. The smallest absolute Gasteiger partial charge is 0.159 e. The maximum atomic E-state index is 9.59. The van der Waals surface area contributed by atoms with Crippen molar-refractivity contribution in [3.05, 3.63) is 0 Å². The second-order valence-corrected chi connectivity index (χ2v) is 4.34. The van der Waals surface area contributed by atoms with Crippen molar-refractivity contribution in [3.63, 3.8) is 0 Å². The Bertz CT molecular complexity index is 179. The van der Waals surface area contributed by atoms with Gasteiger partial charge in [0.05, 0.1) is 25.4 Å². The molecule has 0 aliphatic rings. The van der Waals surface area contributed by atoms with Crippen molar-refractivity contribution in [2.45, 2.75) is 57.9 Å². The Morgan fingerprint density at radius 1 is 0.800 bits per heavy atom. The van der Waals surface area contributed by atoms with Gasteiger partial charge in [0.15, 0.2) is 12.6 Å². The van der Waals surface area contributed by atoms with Crippen molar-refractivity contribution < 1.29 is 46.2 Å². The zero-order chi connectivity index (χ0) is 14.7. The van der Waals surface area contributed by atoms with Crippen LogP contribution in [0.5, 0.6) is 0 Å². The summed E-state index contributed by atoms with van der Waals surface area (Å²) in [5.41, 5.74) is 0. The second-order valence-electron chi connectivity index (χ2n) is 4.34. The number of aliphatic hydroxyl groups excluding tert-OH is 2. The molecular formula is C13H28CuO6. The topological polar surface area (TPSA) is 77.4 Å². The van der Waals surface area contributed by atoms with E-state index in [0.717, 1.165) is 12.8 Å². The summed E-state index contributed by atoms with van der Waals surface area (Å²) in [4.78, 5) is 0. The van der Waals surface area contributed by atoms with Gasteiger partial charge in [-0.05, 0) is 12.8 Å². The van der Waals surface area contributed by atoms with E-state index in [4.69, 9.17) is 18.9 Å². The maximum absolute atomic E-state index is 9.59. The first-order valence-electron chi connectivity index (χ1n) is 6.72. The molecule has 2 N–H and O–H groups in total. The van der Waals surface area contributed by atoms with E-state index in [-0.39, 0.29) is 48.9 Å². The summed E-state index contributed by atoms with van der Waals surface area (Å²) in [6.45, 7) is 4.52. The quantitative estimate of drug-likeness (QED) is 0.405. The molecule has 0 aromatic heterocycles. The number of hydrogen-bond acceptors (Lipinski definition) is 6. The number of rotatable bonds is 12. The third-order valence-electron chi connectivity index (χ3n) is 2.93. The predicted molar refractivity (Wildman–Crippen MR) is 70.7 cm³/mol. The van der Waals surface area contributed by atoms with Gasteiger partial charge >= 0.3 is 0 Å². The van der Waals surface area contributed by atoms with Gasteiger partial charge in [-0.2, -0.15) is 0 Å². The molecule has 0 aliphatic carbocycles. The van der Waals surface area contributed by atoms with Crippen LogP contribution in [0.25, 0.3) is 0 Å². The molecule has 20 heavy (non-hydrogen) atoms. The molecular weight excluding hydrogens is 316 g/mol. The number of hydrogen-bond donors (Lipinski definition) is 2. The molecule has 1 radical (unpaired) electrons. The third-order valence-corrected chi connectivity index (χ3v) is 2.93. The van der Waals surface area contributed by atoms with Crippen molar-refractivity contribution >= 4 is 0 Å². The van der Waals surface area contributed by atoms with Crippen LogP contribution >= 0.6 is 0 Å². The molecule has 4 unspecified atom stereocenters. The van der Waals surface area contributed by atoms with Gasteiger partial charge in [0.1, 0.15) is 0 Å². The van der Waals surface area contributed by atoms with E-state index in [1.165, 1.54) is 0 Å². The Balaban J connectivity index is 0. The van der Waals surface area contributed by atoms with Gasteiger partial charge in [0.25, 0.3) is 0 Å². The van der Waals surface area contributed by atoms with E-state index >= 15 is 0 Å². The van der Waals surface area contributed by atoms with E-state index in [2.05, 4.69) is 0 Å². The monoisotopic (exact) mass is 343 g/mol. The SMILES string of the molecule is CCC(COC(O)CC(O)OCC(CC)OC)OC.[Cu]. The van der Waals surface area contributed by atoms with Crippen molar-refractivity contribution in [2.75, 3.05) is 27.4 Å². The molecule has 0 saturated carbocycles. The Hall–Kier alpha value is 0.279. The molecule has 0 rings (SSSR count). The van der Waals surface area contributed by atoms with Crippen LogP contribution in [0.2, 0.25) is 0 Å². The molecule has 6 nitrogen and oxygen atoms in total. The summed E-state index contributed by atoms with van der Waals surface area (Å²) in [5.74, 6) is 0. The third kappa shape index (κ3) is 11.0. The average molecular weight is 344 g/mol. The fourth-order valence-electron chi connectivity index (χ4n) is 1.45. The summed E-state index contributed by atoms with van der Waals surface area (Å²) in [6, 6.07) is 0. The van der Waals surface area contributed by atoms with Gasteiger partial charge in [0.2, 0.25) is 0 Å². The van der Waals surface area contributed by atoms with Crippen LogP contribution in [0.1, 0.15) is 33.1 Å². The first-order chi connectivity index (χ1) is 9.07. The fraction of sp³-hybridized carbons (Fsp3) is 1.00. The van der Waals surface area contributed by atoms with E-state index < -0.39 is 12.6 Å².